The summed E-state index contributed by atoms with van der Waals surface area (Å²) < 4.78 is 1.73. The van der Waals surface area contributed by atoms with Gasteiger partial charge in [0.1, 0.15) is 12.4 Å². The zero-order valence-electron chi connectivity index (χ0n) is 12.1. The van der Waals surface area contributed by atoms with Crippen LogP contribution in [0.5, 0.6) is 0 Å². The lowest BCUT2D eigenvalue weighted by atomic mass is 10.1. The van der Waals surface area contributed by atoms with E-state index in [1.54, 1.807) is 4.57 Å². The first kappa shape index (κ1) is 17.0. The highest BCUT2D eigenvalue weighted by Crippen LogP contribution is 2.26. The number of aromatic nitrogens is 3. The zero-order valence-corrected chi connectivity index (χ0v) is 12.9. The second kappa shape index (κ2) is 7.75. The van der Waals surface area contributed by atoms with Gasteiger partial charge in [0.2, 0.25) is 0 Å². The summed E-state index contributed by atoms with van der Waals surface area (Å²) >= 11 is 1.01. The summed E-state index contributed by atoms with van der Waals surface area (Å²) in [5.41, 5.74) is 6.61. The second-order valence-corrected chi connectivity index (χ2v) is 6.05. The smallest absolute Gasteiger partial charge is 0.321 e. The molecular formula is C14H16N4O4S. The summed E-state index contributed by atoms with van der Waals surface area (Å²) in [6, 6.07) is 8.27. The highest BCUT2D eigenvalue weighted by Gasteiger charge is 2.29. The minimum atomic E-state index is -1.31. The molecule has 2 aromatic rings. The van der Waals surface area contributed by atoms with Crippen molar-refractivity contribution >= 4 is 23.7 Å². The van der Waals surface area contributed by atoms with Gasteiger partial charge in [0.05, 0.1) is 13.0 Å². The number of aliphatic carboxylic acids is 2. The third-order valence-corrected chi connectivity index (χ3v) is 4.38. The maximum atomic E-state index is 11.1. The van der Waals surface area contributed by atoms with Crippen molar-refractivity contribution in [1.82, 2.24) is 14.8 Å². The minimum absolute atomic E-state index is 0.379. The van der Waals surface area contributed by atoms with Gasteiger partial charge in [-0.15, -0.1) is 10.2 Å². The Morgan fingerprint density at radius 2 is 1.96 bits per heavy atom. The van der Waals surface area contributed by atoms with E-state index in [9.17, 15) is 9.59 Å². The summed E-state index contributed by atoms with van der Waals surface area (Å²) in [6.45, 7) is 0.498. The maximum Gasteiger partial charge on any atom is 0.321 e. The van der Waals surface area contributed by atoms with Crippen molar-refractivity contribution < 1.29 is 19.8 Å². The van der Waals surface area contributed by atoms with Crippen LogP contribution in [0.1, 0.15) is 12.0 Å². The number of hydrogen-bond acceptors (Lipinski definition) is 6. The van der Waals surface area contributed by atoms with Crippen molar-refractivity contribution in [2.75, 3.05) is 0 Å². The molecule has 0 bridgehead atoms. The van der Waals surface area contributed by atoms with Crippen molar-refractivity contribution in [3.8, 4) is 0 Å². The van der Waals surface area contributed by atoms with Crippen molar-refractivity contribution in [2.45, 2.75) is 29.4 Å². The lowest BCUT2D eigenvalue weighted by Crippen LogP contribution is -2.41. The average molecular weight is 336 g/mol. The number of benzene rings is 1. The van der Waals surface area contributed by atoms with E-state index in [0.717, 1.165) is 17.3 Å². The molecule has 0 saturated heterocycles. The van der Waals surface area contributed by atoms with Crippen LogP contribution in [0.4, 0.5) is 0 Å². The van der Waals surface area contributed by atoms with Gasteiger partial charge in [0.25, 0.3) is 0 Å². The standard InChI is InChI=1S/C14H16N4O4S/c15-12(13(21)22)10(6-11(19)20)23-14-17-16-8-18(14)7-9-4-2-1-3-5-9/h1-5,8,10,12H,6-7,15H2,(H,19,20)(H,21,22)/t10?,12-/m0/s1. The first-order chi connectivity index (χ1) is 11.0. The van der Waals surface area contributed by atoms with E-state index in [2.05, 4.69) is 10.2 Å². The molecule has 1 aromatic carbocycles. The second-order valence-electron chi connectivity index (χ2n) is 4.85. The molecule has 1 aromatic heterocycles. The number of thioether (sulfide) groups is 1. The monoisotopic (exact) mass is 336 g/mol. The molecule has 0 aliphatic carbocycles. The zero-order chi connectivity index (χ0) is 16.8. The van der Waals surface area contributed by atoms with Gasteiger partial charge in [-0.1, -0.05) is 42.1 Å². The largest absolute Gasteiger partial charge is 0.481 e. The number of carboxylic acid groups (broad SMARTS) is 2. The predicted molar refractivity (Wildman–Crippen MR) is 83.1 cm³/mol. The number of carbonyl (C=O) groups is 2. The van der Waals surface area contributed by atoms with Crippen molar-refractivity contribution in [3.63, 3.8) is 0 Å². The maximum absolute atomic E-state index is 11.1. The molecule has 8 nitrogen and oxygen atoms in total. The van der Waals surface area contributed by atoms with Crippen LogP contribution in [0.2, 0.25) is 0 Å². The molecule has 0 radical (unpaired) electrons. The molecule has 0 aliphatic heterocycles. The highest BCUT2D eigenvalue weighted by molar-refractivity contribution is 7.99. The van der Waals surface area contributed by atoms with Crippen LogP contribution in [0.15, 0.2) is 41.8 Å². The number of carboxylic acids is 2. The summed E-state index contributed by atoms with van der Waals surface area (Å²) in [7, 11) is 0. The summed E-state index contributed by atoms with van der Waals surface area (Å²) in [4.78, 5) is 22.0. The first-order valence-corrected chi connectivity index (χ1v) is 7.64. The molecule has 0 saturated carbocycles. The summed E-state index contributed by atoms with van der Waals surface area (Å²) in [5, 5.41) is 25.3. The third kappa shape index (κ3) is 4.80. The van der Waals surface area contributed by atoms with Crippen LogP contribution in [-0.4, -0.2) is 48.2 Å². The van der Waals surface area contributed by atoms with Crippen molar-refractivity contribution in [1.29, 1.82) is 0 Å². The fourth-order valence-corrected chi connectivity index (χ4v) is 3.03. The van der Waals surface area contributed by atoms with Crippen LogP contribution >= 0.6 is 11.8 Å². The number of hydrogen-bond donors (Lipinski definition) is 3. The topological polar surface area (TPSA) is 131 Å². The number of rotatable bonds is 8. The van der Waals surface area contributed by atoms with E-state index >= 15 is 0 Å². The Morgan fingerprint density at radius 3 is 2.57 bits per heavy atom. The molecule has 1 heterocycles. The van der Waals surface area contributed by atoms with E-state index < -0.39 is 23.2 Å². The molecule has 0 fully saturated rings. The van der Waals surface area contributed by atoms with Crippen LogP contribution in [0.3, 0.4) is 0 Å². The molecule has 4 N–H and O–H groups in total. The molecule has 9 heteroatoms. The summed E-state index contributed by atoms with van der Waals surface area (Å²) in [6.07, 6.45) is 1.13. The fourth-order valence-electron chi connectivity index (χ4n) is 1.93. The van der Waals surface area contributed by atoms with E-state index in [4.69, 9.17) is 15.9 Å². The van der Waals surface area contributed by atoms with Gasteiger partial charge in [0, 0.05) is 5.25 Å². The van der Waals surface area contributed by atoms with E-state index in [0.29, 0.717) is 11.7 Å². The molecule has 23 heavy (non-hydrogen) atoms. The molecule has 2 rings (SSSR count). The SMILES string of the molecule is N[C@H](C(=O)O)C(CC(=O)O)Sc1nncn1Cc1ccccc1. The van der Waals surface area contributed by atoms with Crippen LogP contribution in [0.25, 0.3) is 0 Å². The van der Waals surface area contributed by atoms with Gasteiger partial charge >= 0.3 is 11.9 Å². The molecular weight excluding hydrogens is 320 g/mol. The lowest BCUT2D eigenvalue weighted by Gasteiger charge is -2.18. The van der Waals surface area contributed by atoms with E-state index in [1.165, 1.54) is 6.33 Å². The van der Waals surface area contributed by atoms with Gasteiger partial charge in [-0.25, -0.2) is 0 Å². The van der Waals surface area contributed by atoms with Gasteiger partial charge in [0.15, 0.2) is 5.16 Å². The van der Waals surface area contributed by atoms with E-state index in [1.807, 2.05) is 30.3 Å². The molecule has 0 spiro atoms. The Hall–Kier alpha value is -2.39. The van der Waals surface area contributed by atoms with Crippen LogP contribution in [-0.2, 0) is 16.1 Å². The Bertz CT molecular complexity index is 676. The fraction of sp³-hybridized carbons (Fsp3) is 0.286. The number of nitrogens with two attached hydrogens (primary N) is 1. The normalized spacial score (nSPS) is 13.4. The molecule has 122 valence electrons. The van der Waals surface area contributed by atoms with Gasteiger partial charge < -0.3 is 20.5 Å². The quantitative estimate of drug-likeness (QED) is 0.600. The van der Waals surface area contributed by atoms with Crippen LogP contribution < -0.4 is 5.73 Å². The minimum Gasteiger partial charge on any atom is -0.481 e. The molecule has 0 amide bonds. The molecule has 0 aliphatic rings. The highest BCUT2D eigenvalue weighted by atomic mass is 32.2. The first-order valence-electron chi connectivity index (χ1n) is 6.76. The molecule has 1 unspecified atom stereocenters. The van der Waals surface area contributed by atoms with Crippen molar-refractivity contribution in [3.05, 3.63) is 42.2 Å². The van der Waals surface area contributed by atoms with Gasteiger partial charge in [-0.3, -0.25) is 9.59 Å². The number of nitrogens with zero attached hydrogens (tertiary/aromatic N) is 3. The average Bonchev–Trinajstić information content (AvgIpc) is 2.93. The van der Waals surface area contributed by atoms with E-state index in [-0.39, 0.29) is 6.42 Å². The van der Waals surface area contributed by atoms with Crippen LogP contribution in [0, 0.1) is 0 Å². The van der Waals surface area contributed by atoms with Gasteiger partial charge in [-0.05, 0) is 5.56 Å². The Morgan fingerprint density at radius 1 is 1.26 bits per heavy atom. The Labute approximate surface area is 136 Å². The Balaban J connectivity index is 2.15. The third-order valence-electron chi connectivity index (χ3n) is 3.09. The predicted octanol–water partition coefficient (Wildman–Crippen LogP) is 0.674. The molecule has 2 atom stereocenters. The summed E-state index contributed by atoms with van der Waals surface area (Å²) in [5.74, 6) is -2.37. The Kier molecular flexibility index (Phi) is 5.72. The van der Waals surface area contributed by atoms with Crippen molar-refractivity contribution in [2.24, 2.45) is 5.73 Å². The van der Waals surface area contributed by atoms with Gasteiger partial charge in [-0.2, -0.15) is 0 Å². The lowest BCUT2D eigenvalue weighted by molar-refractivity contribution is -0.139.